The summed E-state index contributed by atoms with van der Waals surface area (Å²) in [6.07, 6.45) is 4.20. The van der Waals surface area contributed by atoms with E-state index in [-0.39, 0.29) is 11.9 Å². The Kier molecular flexibility index (Phi) is 4.66. The van der Waals surface area contributed by atoms with Crippen molar-refractivity contribution in [3.63, 3.8) is 0 Å². The lowest BCUT2D eigenvalue weighted by atomic mass is 10.0. The molecule has 1 aromatic rings. The molecule has 2 N–H and O–H groups in total. The van der Waals surface area contributed by atoms with E-state index in [2.05, 4.69) is 34.7 Å². The van der Waals surface area contributed by atoms with Crippen molar-refractivity contribution in [3.8, 4) is 0 Å². The predicted octanol–water partition coefficient (Wildman–Crippen LogP) is 2.13. The lowest BCUT2D eigenvalue weighted by Gasteiger charge is -2.21. The van der Waals surface area contributed by atoms with Crippen molar-refractivity contribution in [2.24, 2.45) is 0 Å². The van der Waals surface area contributed by atoms with Gasteiger partial charge in [0.25, 0.3) is 0 Å². The van der Waals surface area contributed by atoms with Gasteiger partial charge in [0.05, 0.1) is 6.04 Å². The Morgan fingerprint density at radius 2 is 2.39 bits per heavy atom. The molecule has 2 atom stereocenters. The average Bonchev–Trinajstić information content (AvgIpc) is 2.87. The van der Waals surface area contributed by atoms with Crippen LogP contribution in [0.1, 0.15) is 50.5 Å². The maximum Gasteiger partial charge on any atom is 0.243 e. The lowest BCUT2D eigenvalue weighted by molar-refractivity contribution is -0.118. The summed E-state index contributed by atoms with van der Waals surface area (Å²) >= 11 is 1.48. The molecule has 0 radical (unpaired) electrons. The van der Waals surface area contributed by atoms with Gasteiger partial charge in [0.15, 0.2) is 0 Å². The first-order valence-electron chi connectivity index (χ1n) is 6.58. The third-order valence-corrected chi connectivity index (χ3v) is 4.40. The van der Waals surface area contributed by atoms with Crippen LogP contribution in [0.5, 0.6) is 0 Å². The molecule has 0 aliphatic carbocycles. The normalized spacial score (nSPS) is 21.6. The highest BCUT2D eigenvalue weighted by Crippen LogP contribution is 2.25. The number of carbonyl (C=O) groups excluding carboxylic acids is 1. The van der Waals surface area contributed by atoms with Gasteiger partial charge < -0.3 is 5.32 Å². The second-order valence-corrected chi connectivity index (χ2v) is 5.76. The van der Waals surface area contributed by atoms with Gasteiger partial charge in [-0.1, -0.05) is 31.6 Å². The molecule has 1 unspecified atom stereocenters. The molecule has 1 aliphatic rings. The fourth-order valence-electron chi connectivity index (χ4n) is 1.93. The molecule has 18 heavy (non-hydrogen) atoms. The van der Waals surface area contributed by atoms with Crippen molar-refractivity contribution in [2.75, 3.05) is 11.9 Å². The standard InChI is InChI=1S/C12H20N4OS/c1-3-8(2)11-15-16-12(18-11)14-10(17)9-6-4-5-7-13-9/h8-9,13H,3-7H2,1-2H3,(H,14,16,17)/t8?,9-/m0/s1. The van der Waals surface area contributed by atoms with Crippen LogP contribution in [0, 0.1) is 0 Å². The van der Waals surface area contributed by atoms with E-state index in [1.165, 1.54) is 11.3 Å². The van der Waals surface area contributed by atoms with E-state index in [1.807, 2.05) is 0 Å². The number of hydrogen-bond acceptors (Lipinski definition) is 5. The predicted molar refractivity (Wildman–Crippen MR) is 72.9 cm³/mol. The van der Waals surface area contributed by atoms with Crippen molar-refractivity contribution >= 4 is 22.4 Å². The summed E-state index contributed by atoms with van der Waals surface area (Å²) in [5, 5.41) is 15.8. The number of hydrogen-bond donors (Lipinski definition) is 2. The van der Waals surface area contributed by atoms with Crippen LogP contribution in [0.25, 0.3) is 0 Å². The fraction of sp³-hybridized carbons (Fsp3) is 0.750. The second kappa shape index (κ2) is 6.24. The fourth-order valence-corrected chi connectivity index (χ4v) is 2.81. The van der Waals surface area contributed by atoms with E-state index >= 15 is 0 Å². The minimum atomic E-state index is -0.0744. The van der Waals surface area contributed by atoms with Gasteiger partial charge in [0, 0.05) is 5.92 Å². The Morgan fingerprint density at radius 1 is 1.56 bits per heavy atom. The lowest BCUT2D eigenvalue weighted by Crippen LogP contribution is -2.43. The maximum atomic E-state index is 12.0. The summed E-state index contributed by atoms with van der Waals surface area (Å²) in [7, 11) is 0. The molecule has 2 rings (SSSR count). The first-order valence-corrected chi connectivity index (χ1v) is 7.40. The van der Waals surface area contributed by atoms with Crippen LogP contribution in [0.3, 0.4) is 0 Å². The van der Waals surface area contributed by atoms with Crippen LogP contribution in [0.2, 0.25) is 0 Å². The average molecular weight is 268 g/mol. The molecule has 1 aromatic heterocycles. The Bertz CT molecular complexity index is 401. The molecule has 0 saturated carbocycles. The number of nitrogens with zero attached hydrogens (tertiary/aromatic N) is 2. The Morgan fingerprint density at radius 3 is 3.06 bits per heavy atom. The zero-order valence-electron chi connectivity index (χ0n) is 10.9. The zero-order chi connectivity index (χ0) is 13.0. The molecule has 1 saturated heterocycles. The molecule has 1 amide bonds. The number of aromatic nitrogens is 2. The highest BCUT2D eigenvalue weighted by Gasteiger charge is 2.21. The van der Waals surface area contributed by atoms with E-state index in [1.54, 1.807) is 0 Å². The summed E-state index contributed by atoms with van der Waals surface area (Å²) in [6, 6.07) is -0.0744. The minimum Gasteiger partial charge on any atom is -0.306 e. The highest BCUT2D eigenvalue weighted by atomic mass is 32.1. The molecule has 6 heteroatoms. The van der Waals surface area contributed by atoms with E-state index in [0.717, 1.165) is 37.2 Å². The van der Waals surface area contributed by atoms with Gasteiger partial charge in [0.1, 0.15) is 5.01 Å². The SMILES string of the molecule is CCC(C)c1nnc(NC(=O)[C@@H]2CCCCN2)s1. The zero-order valence-corrected chi connectivity index (χ0v) is 11.7. The van der Waals surface area contributed by atoms with Gasteiger partial charge in [-0.25, -0.2) is 0 Å². The number of anilines is 1. The monoisotopic (exact) mass is 268 g/mol. The van der Waals surface area contributed by atoms with Crippen molar-refractivity contribution in [1.29, 1.82) is 0 Å². The number of nitrogens with one attached hydrogen (secondary N) is 2. The largest absolute Gasteiger partial charge is 0.306 e. The Hall–Kier alpha value is -1.01. The molecule has 0 bridgehead atoms. The van der Waals surface area contributed by atoms with Crippen molar-refractivity contribution < 1.29 is 4.79 Å². The molecule has 1 fully saturated rings. The van der Waals surface area contributed by atoms with Crippen LogP contribution in [-0.4, -0.2) is 28.7 Å². The summed E-state index contributed by atoms with van der Waals surface area (Å²) in [4.78, 5) is 12.0. The van der Waals surface area contributed by atoms with Crippen molar-refractivity contribution in [3.05, 3.63) is 5.01 Å². The molecule has 0 aromatic carbocycles. The number of carbonyl (C=O) groups is 1. The molecule has 1 aliphatic heterocycles. The van der Waals surface area contributed by atoms with Gasteiger partial charge >= 0.3 is 0 Å². The molecule has 100 valence electrons. The Labute approximate surface area is 111 Å². The Balaban J connectivity index is 1.92. The number of rotatable bonds is 4. The van der Waals surface area contributed by atoms with Crippen LogP contribution < -0.4 is 10.6 Å². The van der Waals surface area contributed by atoms with E-state index in [0.29, 0.717) is 11.0 Å². The molecule has 0 spiro atoms. The van der Waals surface area contributed by atoms with E-state index in [9.17, 15) is 4.79 Å². The summed E-state index contributed by atoms with van der Waals surface area (Å²) in [6.45, 7) is 5.16. The van der Waals surface area contributed by atoms with Crippen LogP contribution >= 0.6 is 11.3 Å². The first-order chi connectivity index (χ1) is 8.70. The summed E-state index contributed by atoms with van der Waals surface area (Å²) < 4.78 is 0. The summed E-state index contributed by atoms with van der Waals surface area (Å²) in [5.41, 5.74) is 0. The van der Waals surface area contributed by atoms with Gasteiger partial charge in [0.2, 0.25) is 11.0 Å². The van der Waals surface area contributed by atoms with Gasteiger partial charge in [-0.3, -0.25) is 10.1 Å². The van der Waals surface area contributed by atoms with Gasteiger partial charge in [-0.15, -0.1) is 10.2 Å². The van der Waals surface area contributed by atoms with E-state index < -0.39 is 0 Å². The van der Waals surface area contributed by atoms with Crippen LogP contribution in [-0.2, 0) is 4.79 Å². The number of amides is 1. The van der Waals surface area contributed by atoms with Crippen LogP contribution in [0.4, 0.5) is 5.13 Å². The quantitative estimate of drug-likeness (QED) is 0.878. The topological polar surface area (TPSA) is 66.9 Å². The molecular formula is C12H20N4OS. The third-order valence-electron chi connectivity index (χ3n) is 3.33. The van der Waals surface area contributed by atoms with Crippen LogP contribution in [0.15, 0.2) is 0 Å². The highest BCUT2D eigenvalue weighted by molar-refractivity contribution is 7.15. The van der Waals surface area contributed by atoms with Gasteiger partial charge in [-0.2, -0.15) is 0 Å². The van der Waals surface area contributed by atoms with Crippen molar-refractivity contribution in [2.45, 2.75) is 51.5 Å². The van der Waals surface area contributed by atoms with Gasteiger partial charge in [-0.05, 0) is 25.8 Å². The molecule has 2 heterocycles. The molecular weight excluding hydrogens is 248 g/mol. The minimum absolute atomic E-state index is 0.0153. The smallest absolute Gasteiger partial charge is 0.243 e. The van der Waals surface area contributed by atoms with E-state index in [4.69, 9.17) is 0 Å². The molecule has 5 nitrogen and oxygen atoms in total. The maximum absolute atomic E-state index is 12.0. The summed E-state index contributed by atoms with van der Waals surface area (Å²) in [5.74, 6) is 0.419. The third kappa shape index (κ3) is 3.26. The van der Waals surface area contributed by atoms with Crippen molar-refractivity contribution in [1.82, 2.24) is 15.5 Å². The number of piperidine rings is 1. The second-order valence-electron chi connectivity index (χ2n) is 4.75. The first kappa shape index (κ1) is 13.4.